The van der Waals surface area contributed by atoms with E-state index in [4.69, 9.17) is 14.6 Å². The number of nitrogens with zero attached hydrogens (tertiary/aromatic N) is 5. The van der Waals surface area contributed by atoms with Gasteiger partial charge in [-0.2, -0.15) is 0 Å². The van der Waals surface area contributed by atoms with E-state index in [-0.39, 0.29) is 6.54 Å². The number of methoxy groups -OCH3 is 1. The fraction of sp³-hybridized carbons (Fsp3) is 0.400. The number of hydrogen-bond acceptors (Lipinski definition) is 7. The Morgan fingerprint density at radius 3 is 2.71 bits per heavy atom. The van der Waals surface area contributed by atoms with Crippen molar-refractivity contribution in [1.82, 2.24) is 14.6 Å². The number of carboxylic acids is 1. The van der Waals surface area contributed by atoms with Crippen molar-refractivity contribution in [3.8, 4) is 17.6 Å². The smallest absolute Gasteiger partial charge is 0.323 e. The van der Waals surface area contributed by atoms with Crippen LogP contribution < -0.4 is 14.5 Å². The number of morpholine rings is 1. The molecule has 3 heterocycles. The van der Waals surface area contributed by atoms with Gasteiger partial charge in [-0.1, -0.05) is 18.1 Å². The van der Waals surface area contributed by atoms with Crippen LogP contribution in [0.5, 0.6) is 5.75 Å². The molecule has 5 rings (SSSR count). The van der Waals surface area contributed by atoms with Crippen LogP contribution in [-0.4, -0.2) is 65.6 Å². The zero-order valence-corrected chi connectivity index (χ0v) is 19.1. The van der Waals surface area contributed by atoms with Crippen LogP contribution in [0.15, 0.2) is 36.5 Å². The summed E-state index contributed by atoms with van der Waals surface area (Å²) in [6, 6.07) is 9.55. The van der Waals surface area contributed by atoms with E-state index in [1.165, 1.54) is 0 Å². The van der Waals surface area contributed by atoms with Gasteiger partial charge in [0.15, 0.2) is 11.5 Å². The predicted octanol–water partition coefficient (Wildman–Crippen LogP) is 2.43. The topological polar surface area (TPSA) is 92.4 Å². The molecule has 9 heteroatoms. The van der Waals surface area contributed by atoms with E-state index in [2.05, 4.69) is 21.7 Å². The van der Waals surface area contributed by atoms with Gasteiger partial charge in [0.25, 0.3) is 0 Å². The van der Waals surface area contributed by atoms with E-state index in [0.29, 0.717) is 55.8 Å². The van der Waals surface area contributed by atoms with Gasteiger partial charge in [0, 0.05) is 31.6 Å². The Kier molecular flexibility index (Phi) is 6.23. The normalized spacial score (nSPS) is 15.6. The maximum atomic E-state index is 11.8. The van der Waals surface area contributed by atoms with Crippen LogP contribution in [0.4, 0.5) is 11.5 Å². The molecule has 0 unspecified atom stereocenters. The summed E-state index contributed by atoms with van der Waals surface area (Å²) in [7, 11) is 1.62. The molecule has 1 saturated heterocycles. The molecule has 2 aromatic heterocycles. The summed E-state index contributed by atoms with van der Waals surface area (Å²) in [6.07, 6.45) is 3.99. The minimum atomic E-state index is -0.920. The second-order valence-corrected chi connectivity index (χ2v) is 8.51. The Balaban J connectivity index is 1.58. The third-order valence-electron chi connectivity index (χ3n) is 5.95. The first-order valence-electron chi connectivity index (χ1n) is 11.4. The van der Waals surface area contributed by atoms with Crippen LogP contribution in [0.3, 0.4) is 0 Å². The first-order valence-corrected chi connectivity index (χ1v) is 11.4. The SMILES string of the molecule is COc1ccc(CN(CC(=O)O)c2cc(N3CCOCC3)nn3c(C#CC4CC4)cnc23)cc1. The fourth-order valence-electron chi connectivity index (χ4n) is 3.95. The minimum Gasteiger partial charge on any atom is -0.497 e. The summed E-state index contributed by atoms with van der Waals surface area (Å²) < 4.78 is 12.5. The van der Waals surface area contributed by atoms with Crippen molar-refractivity contribution in [2.45, 2.75) is 19.4 Å². The molecule has 176 valence electrons. The maximum Gasteiger partial charge on any atom is 0.323 e. The zero-order valence-electron chi connectivity index (χ0n) is 19.1. The second-order valence-electron chi connectivity index (χ2n) is 8.51. The minimum absolute atomic E-state index is 0.176. The van der Waals surface area contributed by atoms with Crippen LogP contribution in [0.2, 0.25) is 0 Å². The highest BCUT2D eigenvalue weighted by molar-refractivity contribution is 5.79. The molecule has 1 N–H and O–H groups in total. The Morgan fingerprint density at radius 1 is 1.26 bits per heavy atom. The lowest BCUT2D eigenvalue weighted by atomic mass is 10.2. The molecule has 34 heavy (non-hydrogen) atoms. The van der Waals surface area contributed by atoms with Gasteiger partial charge in [0.1, 0.15) is 18.0 Å². The lowest BCUT2D eigenvalue weighted by Crippen LogP contribution is -2.37. The summed E-state index contributed by atoms with van der Waals surface area (Å²) in [4.78, 5) is 20.4. The molecular weight excluding hydrogens is 434 g/mol. The van der Waals surface area contributed by atoms with Gasteiger partial charge in [-0.25, -0.2) is 9.50 Å². The Labute approximate surface area is 197 Å². The molecule has 1 aliphatic heterocycles. The summed E-state index contributed by atoms with van der Waals surface area (Å²) in [5.41, 5.74) is 2.96. The highest BCUT2D eigenvalue weighted by atomic mass is 16.5. The third kappa shape index (κ3) is 4.92. The van der Waals surface area contributed by atoms with Crippen LogP contribution in [-0.2, 0) is 16.1 Å². The van der Waals surface area contributed by atoms with Gasteiger partial charge in [0.05, 0.1) is 32.2 Å². The Morgan fingerprint density at radius 2 is 2.03 bits per heavy atom. The zero-order chi connectivity index (χ0) is 23.5. The van der Waals surface area contributed by atoms with Gasteiger partial charge in [-0.05, 0) is 36.5 Å². The summed E-state index contributed by atoms with van der Waals surface area (Å²) in [5, 5.41) is 14.5. The first-order chi connectivity index (χ1) is 16.6. The van der Waals surface area contributed by atoms with Crippen molar-refractivity contribution in [2.75, 3.05) is 49.8 Å². The monoisotopic (exact) mass is 461 g/mol. The van der Waals surface area contributed by atoms with Gasteiger partial charge in [0.2, 0.25) is 0 Å². The Hall–Kier alpha value is -3.77. The third-order valence-corrected chi connectivity index (χ3v) is 5.95. The lowest BCUT2D eigenvalue weighted by Gasteiger charge is -2.30. The number of carbonyl (C=O) groups is 1. The van der Waals surface area contributed by atoms with E-state index in [0.717, 1.165) is 30.0 Å². The van der Waals surface area contributed by atoms with Crippen molar-refractivity contribution >= 4 is 23.1 Å². The molecule has 9 nitrogen and oxygen atoms in total. The number of ether oxygens (including phenoxy) is 2. The van der Waals surface area contributed by atoms with Gasteiger partial charge in [-0.3, -0.25) is 4.79 Å². The van der Waals surface area contributed by atoms with Gasteiger partial charge in [-0.15, -0.1) is 5.10 Å². The first kappa shape index (κ1) is 22.0. The molecule has 1 aromatic carbocycles. The standard InChI is InChI=1S/C25H27N5O4/c1-33-21-8-5-19(6-9-21)16-29(17-24(31)32)22-14-23(28-10-12-34-13-11-28)27-30-20(15-26-25(22)30)7-4-18-2-3-18/h5-6,8-9,14-15,18H,2-3,10-13,16-17H2,1H3,(H,31,32). The number of hydrogen-bond donors (Lipinski definition) is 1. The number of carboxylic acid groups (broad SMARTS) is 1. The van der Waals surface area contributed by atoms with Gasteiger partial charge < -0.3 is 24.4 Å². The van der Waals surface area contributed by atoms with Crippen LogP contribution in [0, 0.1) is 17.8 Å². The van der Waals surface area contributed by atoms with Crippen LogP contribution in [0.1, 0.15) is 24.1 Å². The molecule has 2 aliphatic rings. The number of anilines is 2. The fourth-order valence-corrected chi connectivity index (χ4v) is 3.95. The highest BCUT2D eigenvalue weighted by Crippen LogP contribution is 2.30. The van der Waals surface area contributed by atoms with Crippen LogP contribution in [0.25, 0.3) is 5.65 Å². The molecule has 1 saturated carbocycles. The van der Waals surface area contributed by atoms with Gasteiger partial charge >= 0.3 is 5.97 Å². The number of imidazole rings is 1. The number of fused-ring (bicyclic) bond motifs is 1. The van der Waals surface area contributed by atoms with Crippen LogP contribution >= 0.6 is 0 Å². The lowest BCUT2D eigenvalue weighted by molar-refractivity contribution is -0.135. The summed E-state index contributed by atoms with van der Waals surface area (Å²) >= 11 is 0. The molecule has 2 fully saturated rings. The van der Waals surface area contributed by atoms with Crippen molar-refractivity contribution in [1.29, 1.82) is 0 Å². The second kappa shape index (κ2) is 9.61. The highest BCUT2D eigenvalue weighted by Gasteiger charge is 2.23. The van der Waals surface area contributed by atoms with Crippen molar-refractivity contribution in [3.63, 3.8) is 0 Å². The van der Waals surface area contributed by atoms with E-state index in [1.807, 2.05) is 35.2 Å². The van der Waals surface area contributed by atoms with E-state index < -0.39 is 5.97 Å². The quantitative estimate of drug-likeness (QED) is 0.537. The molecule has 0 amide bonds. The molecule has 3 aromatic rings. The summed E-state index contributed by atoms with van der Waals surface area (Å²) in [6.45, 7) is 2.90. The average Bonchev–Trinajstić information content (AvgIpc) is 3.60. The number of aliphatic carboxylic acids is 1. The predicted molar refractivity (Wildman–Crippen MR) is 127 cm³/mol. The van der Waals surface area contributed by atoms with E-state index in [1.54, 1.807) is 17.8 Å². The van der Waals surface area contributed by atoms with Crippen molar-refractivity contribution < 1.29 is 19.4 Å². The molecule has 0 spiro atoms. The average molecular weight is 462 g/mol. The van der Waals surface area contributed by atoms with Crippen molar-refractivity contribution in [3.05, 3.63) is 47.8 Å². The molecule has 0 radical (unpaired) electrons. The van der Waals surface area contributed by atoms with E-state index >= 15 is 0 Å². The molecular formula is C25H27N5O4. The number of aromatic nitrogens is 3. The molecule has 0 atom stereocenters. The Bertz CT molecular complexity index is 1230. The molecule has 1 aliphatic carbocycles. The largest absolute Gasteiger partial charge is 0.497 e. The number of benzene rings is 1. The summed E-state index contributed by atoms with van der Waals surface area (Å²) in [5.74, 6) is 7.54. The maximum absolute atomic E-state index is 11.8. The van der Waals surface area contributed by atoms with E-state index in [9.17, 15) is 9.90 Å². The molecule has 0 bridgehead atoms. The van der Waals surface area contributed by atoms with Crippen molar-refractivity contribution in [2.24, 2.45) is 5.92 Å². The number of rotatable bonds is 7.